The van der Waals surface area contributed by atoms with Crippen molar-refractivity contribution in [2.75, 3.05) is 54.6 Å². The van der Waals surface area contributed by atoms with Crippen LogP contribution in [0, 0.1) is 23.7 Å². The van der Waals surface area contributed by atoms with Crippen molar-refractivity contribution in [3.63, 3.8) is 0 Å². The van der Waals surface area contributed by atoms with Gasteiger partial charge in [0.2, 0.25) is 5.91 Å². The number of nitriles is 1. The van der Waals surface area contributed by atoms with Crippen molar-refractivity contribution in [3.8, 4) is 18.4 Å². The smallest absolute Gasteiger partial charge is 0.269 e. The Bertz CT molecular complexity index is 1310. The van der Waals surface area contributed by atoms with E-state index in [1.807, 2.05) is 30.3 Å². The molecule has 0 saturated carbocycles. The van der Waals surface area contributed by atoms with E-state index in [4.69, 9.17) is 11.4 Å². The van der Waals surface area contributed by atoms with Gasteiger partial charge >= 0.3 is 0 Å². The van der Waals surface area contributed by atoms with Crippen LogP contribution in [-0.2, 0) is 14.5 Å². The van der Waals surface area contributed by atoms with Gasteiger partial charge in [0.1, 0.15) is 16.7 Å². The molecule has 0 atom stereocenters. The summed E-state index contributed by atoms with van der Waals surface area (Å²) in [6, 6.07) is 16.4. The highest BCUT2D eigenvalue weighted by molar-refractivity contribution is 8.04. The Morgan fingerprint density at radius 2 is 1.90 bits per heavy atom. The molecular formula is C30H35N7O3S. The SMILES string of the molecule is C#Cc1ccc(NC(=O)/C(C#N)=C2\SCC(=O)N2CC)cc1.C=CNc1cccc(NONCCN2CCCC2)c1. The lowest BCUT2D eigenvalue weighted by molar-refractivity contribution is -0.125. The molecule has 4 N–H and O–H groups in total. The first-order valence-corrected chi connectivity index (χ1v) is 14.3. The van der Waals surface area contributed by atoms with Crippen LogP contribution in [0.4, 0.5) is 17.1 Å². The van der Waals surface area contributed by atoms with E-state index < -0.39 is 5.91 Å². The number of hydrogen-bond acceptors (Lipinski definition) is 9. The lowest BCUT2D eigenvalue weighted by atomic mass is 10.2. The maximum Gasteiger partial charge on any atom is 0.269 e. The minimum Gasteiger partial charge on any atom is -0.362 e. The normalized spacial score (nSPS) is 15.7. The van der Waals surface area contributed by atoms with Gasteiger partial charge in [-0.05, 0) is 81.5 Å². The van der Waals surface area contributed by atoms with Crippen LogP contribution in [-0.4, -0.2) is 60.1 Å². The van der Waals surface area contributed by atoms with Gasteiger partial charge < -0.3 is 20.4 Å². The monoisotopic (exact) mass is 573 g/mol. The Labute approximate surface area is 245 Å². The molecule has 0 radical (unpaired) electrons. The fourth-order valence-corrected chi connectivity index (χ4v) is 5.20. The number of carbonyl (C=O) groups excluding carboxylic acids is 2. The van der Waals surface area contributed by atoms with Crippen LogP contribution in [0.1, 0.15) is 25.3 Å². The van der Waals surface area contributed by atoms with Crippen molar-refractivity contribution in [2.24, 2.45) is 0 Å². The minimum absolute atomic E-state index is 0.0567. The molecule has 0 aliphatic carbocycles. The lowest BCUT2D eigenvalue weighted by Crippen LogP contribution is -2.31. The molecule has 41 heavy (non-hydrogen) atoms. The average molecular weight is 574 g/mol. The number of terminal acetylenes is 1. The third-order valence-corrected chi connectivity index (χ3v) is 7.25. The predicted molar refractivity (Wildman–Crippen MR) is 164 cm³/mol. The van der Waals surface area contributed by atoms with Gasteiger partial charge in [-0.1, -0.05) is 30.3 Å². The number of thioether (sulfide) groups is 1. The van der Waals surface area contributed by atoms with Crippen LogP contribution >= 0.6 is 11.8 Å². The highest BCUT2D eigenvalue weighted by Crippen LogP contribution is 2.31. The van der Waals surface area contributed by atoms with E-state index in [0.29, 0.717) is 22.8 Å². The number of nitrogens with zero attached hydrogens (tertiary/aromatic N) is 3. The van der Waals surface area contributed by atoms with Gasteiger partial charge in [0.05, 0.1) is 11.4 Å². The zero-order valence-corrected chi connectivity index (χ0v) is 23.9. The van der Waals surface area contributed by atoms with E-state index in [0.717, 1.165) is 24.5 Å². The van der Waals surface area contributed by atoms with Gasteiger partial charge in [-0.2, -0.15) is 15.7 Å². The molecule has 2 aliphatic rings. The van der Waals surface area contributed by atoms with Crippen LogP contribution < -0.4 is 21.6 Å². The maximum atomic E-state index is 12.3. The molecule has 2 fully saturated rings. The molecule has 2 aliphatic heterocycles. The van der Waals surface area contributed by atoms with Gasteiger partial charge in [0.15, 0.2) is 0 Å². The molecule has 2 aromatic carbocycles. The van der Waals surface area contributed by atoms with Crippen molar-refractivity contribution in [3.05, 3.63) is 77.5 Å². The largest absolute Gasteiger partial charge is 0.362 e. The molecule has 214 valence electrons. The molecule has 2 saturated heterocycles. The molecule has 10 nitrogen and oxygen atoms in total. The second-order valence-corrected chi connectivity index (χ2v) is 9.93. The topological polar surface area (TPSA) is 122 Å². The third kappa shape index (κ3) is 9.71. The van der Waals surface area contributed by atoms with Crippen molar-refractivity contribution < 1.29 is 14.5 Å². The third-order valence-electron chi connectivity index (χ3n) is 6.16. The van der Waals surface area contributed by atoms with Gasteiger partial charge in [0, 0.05) is 36.6 Å². The van der Waals surface area contributed by atoms with Crippen molar-refractivity contribution in [1.29, 1.82) is 5.26 Å². The Hall–Kier alpha value is -4.26. The number of carbonyl (C=O) groups is 2. The fraction of sp³-hybridized carbons (Fsp3) is 0.300. The summed E-state index contributed by atoms with van der Waals surface area (Å²) in [5.74, 6) is 2.10. The van der Waals surface area contributed by atoms with Crippen LogP contribution in [0.5, 0.6) is 0 Å². The second kappa shape index (κ2) is 16.8. The van der Waals surface area contributed by atoms with Crippen molar-refractivity contribution in [2.45, 2.75) is 19.8 Å². The second-order valence-electron chi connectivity index (χ2n) is 8.97. The van der Waals surface area contributed by atoms with Gasteiger partial charge in [-0.25, -0.2) is 5.48 Å². The van der Waals surface area contributed by atoms with Crippen molar-refractivity contribution in [1.82, 2.24) is 15.3 Å². The number of rotatable bonds is 11. The van der Waals surface area contributed by atoms with Gasteiger partial charge in [-0.15, -0.1) is 6.42 Å². The Kier molecular flexibility index (Phi) is 12.8. The average Bonchev–Trinajstić information content (AvgIpc) is 3.64. The zero-order chi connectivity index (χ0) is 29.5. The molecule has 0 bridgehead atoms. The molecular weight excluding hydrogens is 538 g/mol. The van der Waals surface area contributed by atoms with Crippen LogP contribution in [0.3, 0.4) is 0 Å². The van der Waals surface area contributed by atoms with Crippen LogP contribution in [0.25, 0.3) is 0 Å². The van der Waals surface area contributed by atoms with Crippen LogP contribution in [0.15, 0.2) is 71.9 Å². The summed E-state index contributed by atoms with van der Waals surface area (Å²) in [5.41, 5.74) is 8.83. The molecule has 2 amide bonds. The van der Waals surface area contributed by atoms with E-state index in [9.17, 15) is 14.9 Å². The summed E-state index contributed by atoms with van der Waals surface area (Å²) in [4.78, 5) is 33.1. The lowest BCUT2D eigenvalue weighted by Gasteiger charge is -2.15. The highest BCUT2D eigenvalue weighted by atomic mass is 32.2. The van der Waals surface area contributed by atoms with E-state index in [-0.39, 0.29) is 17.2 Å². The standard InChI is InChI=1S/C16H13N3O2S.C14H22N4O/c1-3-11-5-7-12(8-6-11)18-15(21)13(9-17)16-19(4-2)14(20)10-22-16;1-2-15-13-6-5-7-14(12-13)17-19-16-8-11-18-9-3-4-10-18/h1,5-8H,4,10H2,2H3,(H,18,21);2,5-7,12,15-17H,1,3-4,8-11H2/b16-13-;. The number of benzene rings is 2. The maximum absolute atomic E-state index is 12.3. The summed E-state index contributed by atoms with van der Waals surface area (Å²) in [6.45, 7) is 10.1. The van der Waals surface area contributed by atoms with Crippen molar-refractivity contribution >= 4 is 40.6 Å². The number of hydrogen-bond donors (Lipinski definition) is 4. The number of anilines is 3. The van der Waals surface area contributed by atoms with Gasteiger partial charge in [-0.3, -0.25) is 9.59 Å². The number of nitrogens with one attached hydrogen (secondary N) is 4. The first-order chi connectivity index (χ1) is 20.0. The van der Waals surface area contributed by atoms with E-state index >= 15 is 0 Å². The Morgan fingerprint density at radius 3 is 2.56 bits per heavy atom. The van der Waals surface area contributed by atoms with E-state index in [2.05, 4.69) is 39.0 Å². The molecule has 11 heteroatoms. The number of hydroxylamine groups is 1. The quantitative estimate of drug-likeness (QED) is 0.103. The Morgan fingerprint density at radius 1 is 1.17 bits per heavy atom. The molecule has 0 aromatic heterocycles. The van der Waals surface area contributed by atoms with Gasteiger partial charge in [0.25, 0.3) is 5.91 Å². The predicted octanol–water partition coefficient (Wildman–Crippen LogP) is 4.12. The minimum atomic E-state index is -0.536. The first kappa shape index (κ1) is 31.3. The molecule has 0 unspecified atom stereocenters. The molecule has 0 spiro atoms. The fourth-order valence-electron chi connectivity index (χ4n) is 4.11. The number of likely N-dealkylation sites (tertiary alicyclic amines) is 1. The summed E-state index contributed by atoms with van der Waals surface area (Å²) >= 11 is 1.21. The summed E-state index contributed by atoms with van der Waals surface area (Å²) in [5, 5.41) is 15.3. The first-order valence-electron chi connectivity index (χ1n) is 13.3. The Balaban J connectivity index is 0.000000228. The summed E-state index contributed by atoms with van der Waals surface area (Å²) < 4.78 is 0. The highest BCUT2D eigenvalue weighted by Gasteiger charge is 2.30. The van der Waals surface area contributed by atoms with E-state index in [1.165, 1.54) is 42.6 Å². The molecule has 4 rings (SSSR count). The molecule has 2 aromatic rings. The van der Waals surface area contributed by atoms with E-state index in [1.54, 1.807) is 37.4 Å². The van der Waals surface area contributed by atoms with Crippen LogP contribution in [0.2, 0.25) is 0 Å². The summed E-state index contributed by atoms with van der Waals surface area (Å²) in [7, 11) is 0. The zero-order valence-electron chi connectivity index (χ0n) is 23.1. The number of amides is 2. The molecule has 2 heterocycles. The summed E-state index contributed by atoms with van der Waals surface area (Å²) in [6.07, 6.45) is 9.56.